The third-order valence-corrected chi connectivity index (χ3v) is 3.77. The molecule has 1 aromatic carbocycles. The van der Waals surface area contributed by atoms with Crippen LogP contribution in [0.25, 0.3) is 0 Å². The number of likely N-dealkylation sites (N-methyl/N-ethyl adjacent to an activating group) is 1. The predicted octanol–water partition coefficient (Wildman–Crippen LogP) is 1.74. The number of hydrogen-bond donors (Lipinski definition) is 3. The Labute approximate surface area is 128 Å². The predicted molar refractivity (Wildman–Crippen MR) is 85.8 cm³/mol. The summed E-state index contributed by atoms with van der Waals surface area (Å²) in [6.45, 7) is 1.82. The van der Waals surface area contributed by atoms with Gasteiger partial charge in [0.15, 0.2) is 0 Å². The van der Waals surface area contributed by atoms with E-state index in [9.17, 15) is 4.39 Å². The molecule has 0 unspecified atom stereocenters. The second-order valence-electron chi connectivity index (χ2n) is 5.32. The zero-order chi connectivity index (χ0) is 15.5. The monoisotopic (exact) mass is 302 g/mol. The van der Waals surface area contributed by atoms with Crippen molar-refractivity contribution in [2.24, 2.45) is 0 Å². The third-order valence-electron chi connectivity index (χ3n) is 3.77. The minimum absolute atomic E-state index is 0.218. The number of halogens is 1. The van der Waals surface area contributed by atoms with Gasteiger partial charge >= 0.3 is 0 Å². The molecule has 0 aliphatic carbocycles. The van der Waals surface area contributed by atoms with E-state index in [0.717, 1.165) is 31.0 Å². The summed E-state index contributed by atoms with van der Waals surface area (Å²) in [6.07, 6.45) is 1.07. The number of benzene rings is 1. The Kier molecular flexibility index (Phi) is 4.06. The molecule has 22 heavy (non-hydrogen) atoms. The lowest BCUT2D eigenvalue weighted by molar-refractivity contribution is 0.616. The Morgan fingerprint density at radius 3 is 2.73 bits per heavy atom. The number of anilines is 4. The molecule has 0 saturated carbocycles. The van der Waals surface area contributed by atoms with Gasteiger partial charge in [0.1, 0.15) is 17.5 Å². The highest BCUT2D eigenvalue weighted by Gasteiger charge is 2.22. The average Bonchev–Trinajstić information content (AvgIpc) is 2.98. The molecule has 1 fully saturated rings. The molecule has 1 aromatic heterocycles. The Morgan fingerprint density at radius 1 is 1.27 bits per heavy atom. The van der Waals surface area contributed by atoms with Crippen LogP contribution in [0.4, 0.5) is 27.7 Å². The molecular formula is C15H19FN6. The zero-order valence-corrected chi connectivity index (χ0v) is 12.4. The van der Waals surface area contributed by atoms with Crippen LogP contribution in [0.3, 0.4) is 0 Å². The van der Waals surface area contributed by atoms with Gasteiger partial charge in [-0.3, -0.25) is 0 Å². The molecule has 0 bridgehead atoms. The first kappa shape index (κ1) is 14.5. The van der Waals surface area contributed by atoms with Gasteiger partial charge in [-0.1, -0.05) is 0 Å². The first-order valence-corrected chi connectivity index (χ1v) is 7.23. The SMILES string of the molecule is CN[C@@H]1CCN(c2cc(Nc3ccc(F)cc3)nc(N)n2)C1. The molecule has 0 spiro atoms. The van der Waals surface area contributed by atoms with E-state index in [1.807, 2.05) is 13.1 Å². The summed E-state index contributed by atoms with van der Waals surface area (Å²) in [6, 6.07) is 8.42. The molecule has 1 atom stereocenters. The summed E-state index contributed by atoms with van der Waals surface area (Å²) < 4.78 is 12.9. The minimum atomic E-state index is -0.274. The molecule has 116 valence electrons. The van der Waals surface area contributed by atoms with Crippen molar-refractivity contribution >= 4 is 23.3 Å². The Balaban J connectivity index is 1.79. The van der Waals surface area contributed by atoms with Gasteiger partial charge in [0.05, 0.1) is 0 Å². The Morgan fingerprint density at radius 2 is 2.05 bits per heavy atom. The fourth-order valence-corrected chi connectivity index (χ4v) is 2.56. The minimum Gasteiger partial charge on any atom is -0.368 e. The molecule has 1 saturated heterocycles. The van der Waals surface area contributed by atoms with Crippen LogP contribution < -0.4 is 21.3 Å². The Bertz CT molecular complexity index is 645. The molecule has 2 heterocycles. The van der Waals surface area contributed by atoms with Gasteiger partial charge in [-0.05, 0) is 37.7 Å². The van der Waals surface area contributed by atoms with Crippen molar-refractivity contribution in [1.82, 2.24) is 15.3 Å². The van der Waals surface area contributed by atoms with Crippen molar-refractivity contribution in [3.8, 4) is 0 Å². The molecule has 4 N–H and O–H groups in total. The van der Waals surface area contributed by atoms with Crippen molar-refractivity contribution in [3.63, 3.8) is 0 Å². The smallest absolute Gasteiger partial charge is 0.223 e. The van der Waals surface area contributed by atoms with E-state index in [0.29, 0.717) is 11.9 Å². The molecule has 7 heteroatoms. The van der Waals surface area contributed by atoms with E-state index in [1.54, 1.807) is 12.1 Å². The number of rotatable bonds is 4. The van der Waals surface area contributed by atoms with E-state index >= 15 is 0 Å². The van der Waals surface area contributed by atoms with E-state index in [2.05, 4.69) is 25.5 Å². The second kappa shape index (κ2) is 6.15. The van der Waals surface area contributed by atoms with Crippen molar-refractivity contribution in [2.75, 3.05) is 36.1 Å². The maximum atomic E-state index is 12.9. The van der Waals surface area contributed by atoms with Crippen molar-refractivity contribution < 1.29 is 4.39 Å². The highest BCUT2D eigenvalue weighted by molar-refractivity contribution is 5.61. The van der Waals surface area contributed by atoms with Gasteiger partial charge in [0.25, 0.3) is 0 Å². The lowest BCUT2D eigenvalue weighted by atomic mass is 10.3. The molecule has 3 rings (SSSR count). The highest BCUT2D eigenvalue weighted by atomic mass is 19.1. The number of nitrogens with one attached hydrogen (secondary N) is 2. The summed E-state index contributed by atoms with van der Waals surface area (Å²) in [5.74, 6) is 1.34. The number of nitrogens with two attached hydrogens (primary N) is 1. The van der Waals surface area contributed by atoms with Crippen molar-refractivity contribution in [2.45, 2.75) is 12.5 Å². The number of nitrogens with zero attached hydrogens (tertiary/aromatic N) is 3. The summed E-state index contributed by atoms with van der Waals surface area (Å²) in [4.78, 5) is 10.7. The molecule has 2 aromatic rings. The van der Waals surface area contributed by atoms with E-state index in [4.69, 9.17) is 5.73 Å². The van der Waals surface area contributed by atoms with Gasteiger partial charge in [-0.15, -0.1) is 0 Å². The molecule has 1 aliphatic heterocycles. The number of nitrogen functional groups attached to an aromatic ring is 1. The number of hydrogen-bond acceptors (Lipinski definition) is 6. The van der Waals surface area contributed by atoms with Crippen LogP contribution in [-0.2, 0) is 0 Å². The normalized spacial score (nSPS) is 17.7. The van der Waals surface area contributed by atoms with Crippen LogP contribution in [0.1, 0.15) is 6.42 Å². The van der Waals surface area contributed by atoms with Crippen LogP contribution in [0.5, 0.6) is 0 Å². The van der Waals surface area contributed by atoms with Crippen molar-refractivity contribution in [3.05, 3.63) is 36.1 Å². The van der Waals surface area contributed by atoms with Crippen LogP contribution in [0.2, 0.25) is 0 Å². The zero-order valence-electron chi connectivity index (χ0n) is 12.4. The van der Waals surface area contributed by atoms with E-state index < -0.39 is 0 Å². The summed E-state index contributed by atoms with van der Waals surface area (Å²) in [5.41, 5.74) is 6.56. The quantitative estimate of drug-likeness (QED) is 0.798. The maximum Gasteiger partial charge on any atom is 0.223 e. The second-order valence-corrected chi connectivity index (χ2v) is 5.32. The van der Waals surface area contributed by atoms with Gasteiger partial charge < -0.3 is 21.3 Å². The summed E-state index contributed by atoms with van der Waals surface area (Å²) in [5, 5.41) is 6.39. The average molecular weight is 302 g/mol. The van der Waals surface area contributed by atoms with Gasteiger partial charge in [0, 0.05) is 30.9 Å². The maximum absolute atomic E-state index is 12.9. The topological polar surface area (TPSA) is 79.1 Å². The van der Waals surface area contributed by atoms with Crippen LogP contribution in [-0.4, -0.2) is 36.1 Å². The fourth-order valence-electron chi connectivity index (χ4n) is 2.56. The third kappa shape index (κ3) is 3.25. The van der Waals surface area contributed by atoms with Crippen LogP contribution >= 0.6 is 0 Å². The van der Waals surface area contributed by atoms with Crippen molar-refractivity contribution in [1.29, 1.82) is 0 Å². The number of aromatic nitrogens is 2. The van der Waals surface area contributed by atoms with Crippen LogP contribution in [0.15, 0.2) is 30.3 Å². The fraction of sp³-hybridized carbons (Fsp3) is 0.333. The molecular weight excluding hydrogens is 283 g/mol. The Hall–Kier alpha value is -2.41. The summed E-state index contributed by atoms with van der Waals surface area (Å²) in [7, 11) is 1.96. The molecule has 0 amide bonds. The molecule has 1 aliphatic rings. The van der Waals surface area contributed by atoms with E-state index in [-0.39, 0.29) is 11.8 Å². The summed E-state index contributed by atoms with van der Waals surface area (Å²) >= 11 is 0. The largest absolute Gasteiger partial charge is 0.368 e. The van der Waals surface area contributed by atoms with E-state index in [1.165, 1.54) is 12.1 Å². The first-order chi connectivity index (χ1) is 10.6. The van der Waals surface area contributed by atoms with Crippen LogP contribution in [0, 0.1) is 5.82 Å². The molecule has 6 nitrogen and oxygen atoms in total. The van der Waals surface area contributed by atoms with Gasteiger partial charge in [0.2, 0.25) is 5.95 Å². The van der Waals surface area contributed by atoms with Gasteiger partial charge in [-0.2, -0.15) is 9.97 Å². The highest BCUT2D eigenvalue weighted by Crippen LogP contribution is 2.23. The lowest BCUT2D eigenvalue weighted by Gasteiger charge is -2.18. The molecule has 0 radical (unpaired) electrons. The van der Waals surface area contributed by atoms with Gasteiger partial charge in [-0.25, -0.2) is 4.39 Å². The standard InChI is InChI=1S/C15H19FN6/c1-18-12-6-7-22(9-12)14-8-13(20-15(17)21-14)19-11-4-2-10(16)3-5-11/h2-5,8,12,18H,6-7,9H2,1H3,(H3,17,19,20,21)/t12-/m1/s1. The first-order valence-electron chi connectivity index (χ1n) is 7.23. The lowest BCUT2D eigenvalue weighted by Crippen LogP contribution is -2.30.